The van der Waals surface area contributed by atoms with E-state index in [1.807, 2.05) is 76.2 Å². The lowest BCUT2D eigenvalue weighted by Crippen LogP contribution is -2.33. The van der Waals surface area contributed by atoms with Crippen molar-refractivity contribution in [2.75, 3.05) is 19.6 Å². The first-order valence-electron chi connectivity index (χ1n) is 23.7. The maximum Gasteiger partial charge on any atom is 0.222 e. The zero-order valence-corrected chi connectivity index (χ0v) is 45.1. The molecule has 0 aliphatic rings. The van der Waals surface area contributed by atoms with E-state index >= 15 is 0 Å². The van der Waals surface area contributed by atoms with Crippen LogP contribution in [-0.2, 0) is 19.2 Å². The molecule has 59 heavy (non-hydrogen) atoms. The summed E-state index contributed by atoms with van der Waals surface area (Å²) in [5.41, 5.74) is 0. The summed E-state index contributed by atoms with van der Waals surface area (Å²) in [7, 11) is 0. The lowest BCUT2D eigenvalue weighted by molar-refractivity contribution is -0.125. The van der Waals surface area contributed by atoms with Gasteiger partial charge in [0, 0.05) is 55.4 Å². The zero-order valence-electron chi connectivity index (χ0n) is 45.1. The first kappa shape index (κ1) is 74.3. The van der Waals surface area contributed by atoms with Crippen LogP contribution in [-0.4, -0.2) is 61.4 Å². The van der Waals surface area contributed by atoms with Gasteiger partial charge in [0.2, 0.25) is 23.6 Å². The highest BCUT2D eigenvalue weighted by molar-refractivity contribution is 5.78. The first-order valence-corrected chi connectivity index (χ1v) is 23.7. The van der Waals surface area contributed by atoms with Crippen molar-refractivity contribution in [1.82, 2.24) is 26.6 Å². The molecule has 362 valence electrons. The monoisotopic (exact) mass is 848 g/mol. The summed E-state index contributed by atoms with van der Waals surface area (Å²) in [4.78, 5) is 43.2. The topological polar surface area (TPSA) is 128 Å². The molecule has 0 atom stereocenters. The van der Waals surface area contributed by atoms with Crippen molar-refractivity contribution >= 4 is 23.6 Å². The number of rotatable bonds is 16. The summed E-state index contributed by atoms with van der Waals surface area (Å²) in [6.07, 6.45) is 5.85. The summed E-state index contributed by atoms with van der Waals surface area (Å²) >= 11 is 0. The molecule has 0 aromatic rings. The number of carbonyl (C=O) groups is 4. The Bertz CT molecular complexity index is 803. The first-order chi connectivity index (χ1) is 26.9. The summed E-state index contributed by atoms with van der Waals surface area (Å²) < 4.78 is 0. The van der Waals surface area contributed by atoms with Crippen molar-refractivity contribution in [2.24, 2.45) is 47.3 Å². The third-order valence-corrected chi connectivity index (χ3v) is 6.40. The molecule has 0 unspecified atom stereocenters. The number of hydrogen-bond donors (Lipinski definition) is 5. The molecule has 9 nitrogen and oxygen atoms in total. The van der Waals surface area contributed by atoms with E-state index in [0.29, 0.717) is 24.3 Å². The fraction of sp³-hybridized carbons (Fsp3) is 0.920. The average Bonchev–Trinajstić information content (AvgIpc) is 3.09. The van der Waals surface area contributed by atoms with Crippen molar-refractivity contribution in [3.8, 4) is 0 Å². The molecule has 0 saturated heterocycles. The summed E-state index contributed by atoms with van der Waals surface area (Å²) in [6, 6.07) is 1.18. The van der Waals surface area contributed by atoms with Crippen LogP contribution >= 0.6 is 0 Å². The highest BCUT2D eigenvalue weighted by Gasteiger charge is 2.07. The Hall–Kier alpha value is -2.16. The third kappa shape index (κ3) is 102. The van der Waals surface area contributed by atoms with E-state index < -0.39 is 0 Å². The molecule has 0 heterocycles. The highest BCUT2D eigenvalue weighted by atomic mass is 16.2. The summed E-state index contributed by atoms with van der Waals surface area (Å²) in [5.74, 6) is 4.51. The van der Waals surface area contributed by atoms with Gasteiger partial charge in [0.05, 0.1) is 0 Å². The van der Waals surface area contributed by atoms with E-state index in [1.54, 1.807) is 0 Å². The van der Waals surface area contributed by atoms with Crippen LogP contribution < -0.4 is 26.6 Å². The van der Waals surface area contributed by atoms with Crippen molar-refractivity contribution in [3.63, 3.8) is 0 Å². The molecule has 0 saturated carbocycles. The summed E-state index contributed by atoms with van der Waals surface area (Å²) in [5, 5.41) is 14.6. The minimum Gasteiger partial charge on any atom is -0.356 e. The Morgan fingerprint density at radius 2 is 0.627 bits per heavy atom. The fourth-order valence-corrected chi connectivity index (χ4v) is 3.03. The molecule has 0 aromatic carbocycles. The molecule has 5 N–H and O–H groups in total. The molecule has 0 bridgehead atoms. The van der Waals surface area contributed by atoms with Crippen LogP contribution in [0.3, 0.4) is 0 Å². The molecule has 0 spiro atoms. The Morgan fingerprint density at radius 1 is 0.356 bits per heavy atom. The van der Waals surface area contributed by atoms with E-state index in [0.717, 1.165) is 37.4 Å². The van der Waals surface area contributed by atoms with Gasteiger partial charge in [-0.3, -0.25) is 19.2 Å². The highest BCUT2D eigenvalue weighted by Crippen LogP contribution is 2.09. The molecule has 0 aromatic heterocycles. The van der Waals surface area contributed by atoms with Crippen LogP contribution in [0.5, 0.6) is 0 Å². The maximum absolute atomic E-state index is 10.9. The minimum atomic E-state index is 0.104. The fourth-order valence-electron chi connectivity index (χ4n) is 3.03. The number of nitrogens with one attached hydrogen (secondary N) is 5. The van der Waals surface area contributed by atoms with Gasteiger partial charge in [-0.25, -0.2) is 0 Å². The molecule has 0 rings (SSSR count). The van der Waals surface area contributed by atoms with E-state index in [1.165, 1.54) is 25.7 Å². The molecule has 0 aliphatic carbocycles. The van der Waals surface area contributed by atoms with E-state index in [2.05, 4.69) is 137 Å². The SMILES string of the molecule is CC(C)CCC(C)C.CC(C)CNC(=O)C(C)C.CC(C)CNC(=O)C(C)C.CC(C)CNC(C)C.CC(C)NC(=O)C(C)C.CCC.CCC.CCC(=O)NC(C)C. The van der Waals surface area contributed by atoms with E-state index in [-0.39, 0.29) is 53.5 Å². The van der Waals surface area contributed by atoms with Crippen LogP contribution in [0.1, 0.15) is 219 Å². The predicted octanol–water partition coefficient (Wildman–Crippen LogP) is 12.5. The van der Waals surface area contributed by atoms with E-state index in [4.69, 9.17) is 0 Å². The second-order valence-corrected chi connectivity index (χ2v) is 19.2. The number of carbonyl (C=O) groups excluding carboxylic acids is 4. The summed E-state index contributed by atoms with van der Waals surface area (Å²) in [6.45, 7) is 58.5. The molecule has 4 amide bonds. The van der Waals surface area contributed by atoms with Gasteiger partial charge in [-0.1, -0.05) is 185 Å². The lowest BCUT2D eigenvalue weighted by atomic mass is 10.0. The van der Waals surface area contributed by atoms with Crippen LogP contribution in [0.15, 0.2) is 0 Å². The average molecular weight is 848 g/mol. The van der Waals surface area contributed by atoms with Crippen molar-refractivity contribution < 1.29 is 19.2 Å². The predicted molar refractivity (Wildman–Crippen MR) is 266 cm³/mol. The van der Waals surface area contributed by atoms with Gasteiger partial charge in [0.15, 0.2) is 0 Å². The van der Waals surface area contributed by atoms with Gasteiger partial charge in [-0.05, 0) is 63.8 Å². The third-order valence-electron chi connectivity index (χ3n) is 6.40. The second kappa shape index (κ2) is 53.9. The largest absolute Gasteiger partial charge is 0.356 e. The molecule has 9 heteroatoms. The molecular formula is C50H113N5O4. The number of amides is 4. The van der Waals surface area contributed by atoms with Gasteiger partial charge >= 0.3 is 0 Å². The van der Waals surface area contributed by atoms with Gasteiger partial charge in [0.1, 0.15) is 0 Å². The smallest absolute Gasteiger partial charge is 0.222 e. The van der Waals surface area contributed by atoms with Crippen LogP contribution in [0, 0.1) is 47.3 Å². The Morgan fingerprint density at radius 3 is 0.746 bits per heavy atom. The molecular weight excluding hydrogens is 735 g/mol. The standard InChI is InChI=1S/2C8H17NO.C8H18.C7H15NO.C7H17N.C6H13NO.2C3H8/c2*1-6(2)5-9-8(10)7(3)4;1-7(2)5-6-8(3)4;1-5(2)7(9)8-6(3)4;1-6(2)5-8-7(3)4;1-4-6(8)7-5(2)3;2*1-3-2/h2*6-7H,5H2,1-4H3,(H,9,10);7-8H,5-6H2,1-4H3;5-6H,1-4H3,(H,8,9);6-8H,5H2,1-4H3;5H,4H2,1-3H3,(H,7,8);2*3H2,1-2H3. The van der Waals surface area contributed by atoms with Crippen molar-refractivity contribution in [2.45, 2.75) is 237 Å². The van der Waals surface area contributed by atoms with Gasteiger partial charge in [0.25, 0.3) is 0 Å². The quantitative estimate of drug-likeness (QED) is 0.106. The molecule has 0 aliphatic heterocycles. The van der Waals surface area contributed by atoms with Gasteiger partial charge in [-0.2, -0.15) is 0 Å². The van der Waals surface area contributed by atoms with Crippen molar-refractivity contribution in [3.05, 3.63) is 0 Å². The Balaban J connectivity index is -0.0000000859. The van der Waals surface area contributed by atoms with Crippen LogP contribution in [0.25, 0.3) is 0 Å². The molecule has 0 fully saturated rings. The van der Waals surface area contributed by atoms with Crippen LogP contribution in [0.4, 0.5) is 0 Å². The maximum atomic E-state index is 10.9. The Kier molecular flexibility index (Phi) is 67.8. The van der Waals surface area contributed by atoms with E-state index in [9.17, 15) is 19.2 Å². The second-order valence-electron chi connectivity index (χ2n) is 19.2. The lowest BCUT2D eigenvalue weighted by Gasteiger charge is -2.09. The van der Waals surface area contributed by atoms with Crippen molar-refractivity contribution in [1.29, 1.82) is 0 Å². The zero-order chi connectivity index (χ0) is 48.9. The normalized spacial score (nSPS) is 10.1. The van der Waals surface area contributed by atoms with Gasteiger partial charge < -0.3 is 26.6 Å². The number of hydrogen-bond acceptors (Lipinski definition) is 5. The van der Waals surface area contributed by atoms with Gasteiger partial charge in [-0.15, -0.1) is 0 Å². The Labute approximate surface area is 372 Å². The van der Waals surface area contributed by atoms with Crippen LogP contribution in [0.2, 0.25) is 0 Å². The molecule has 0 radical (unpaired) electrons. The minimum absolute atomic E-state index is 0.104.